The molecule has 0 aliphatic carbocycles. The average Bonchev–Trinajstić information content (AvgIpc) is 2.84. The van der Waals surface area contributed by atoms with Crippen LogP contribution in [0, 0.1) is 0 Å². The lowest BCUT2D eigenvalue weighted by molar-refractivity contribution is -0.123. The molecule has 1 aliphatic heterocycles. The fourth-order valence-electron chi connectivity index (χ4n) is 2.10. The Morgan fingerprint density at radius 2 is 2.11 bits per heavy atom. The molecule has 0 aromatic heterocycles. The molecule has 1 fully saturated rings. The third-order valence-corrected chi connectivity index (χ3v) is 3.31. The largest absolute Gasteiger partial charge is 0.352 e. The van der Waals surface area contributed by atoms with Crippen molar-refractivity contribution in [2.75, 3.05) is 6.54 Å². The number of carbonyl (C=O) groups excluding carboxylic acids is 2. The van der Waals surface area contributed by atoms with Gasteiger partial charge in [0.1, 0.15) is 0 Å². The highest BCUT2D eigenvalue weighted by atomic mass is 16.2. The lowest BCUT2D eigenvalue weighted by Crippen LogP contribution is -2.44. The highest BCUT2D eigenvalue weighted by Gasteiger charge is 2.30. The van der Waals surface area contributed by atoms with E-state index in [0.717, 1.165) is 12.8 Å². The zero-order valence-electron chi connectivity index (χ0n) is 11.2. The second-order valence-corrected chi connectivity index (χ2v) is 4.63. The molecular weight excluding hydrogens is 230 g/mol. The standard InChI is InChI=1S/C13H23N3O2/c1-4-9(5-2)16-13(18)11-7-10(8-14-11)15-12(17)6-3/h6,9-11,14H,3-5,7-8H2,1-2H3,(H,15,17)(H,16,18). The first-order chi connectivity index (χ1) is 8.60. The Hall–Kier alpha value is -1.36. The van der Waals surface area contributed by atoms with E-state index in [1.54, 1.807) is 0 Å². The van der Waals surface area contributed by atoms with Gasteiger partial charge in [0.05, 0.1) is 6.04 Å². The molecule has 1 saturated heterocycles. The van der Waals surface area contributed by atoms with Gasteiger partial charge < -0.3 is 16.0 Å². The van der Waals surface area contributed by atoms with Crippen LogP contribution >= 0.6 is 0 Å². The van der Waals surface area contributed by atoms with Gasteiger partial charge in [0.15, 0.2) is 0 Å². The summed E-state index contributed by atoms with van der Waals surface area (Å²) >= 11 is 0. The molecule has 1 aliphatic rings. The van der Waals surface area contributed by atoms with Crippen LogP contribution in [0.3, 0.4) is 0 Å². The lowest BCUT2D eigenvalue weighted by atomic mass is 10.1. The number of carbonyl (C=O) groups is 2. The molecule has 1 heterocycles. The van der Waals surface area contributed by atoms with Gasteiger partial charge >= 0.3 is 0 Å². The Morgan fingerprint density at radius 1 is 1.44 bits per heavy atom. The van der Waals surface area contributed by atoms with Crippen molar-refractivity contribution in [1.29, 1.82) is 0 Å². The molecule has 0 spiro atoms. The minimum absolute atomic E-state index is 0.00736. The SMILES string of the molecule is C=CC(=O)NC1CNC(C(=O)NC(CC)CC)C1. The van der Waals surface area contributed by atoms with E-state index in [-0.39, 0.29) is 29.9 Å². The van der Waals surface area contributed by atoms with Crippen LogP contribution in [-0.2, 0) is 9.59 Å². The highest BCUT2D eigenvalue weighted by molar-refractivity contribution is 5.87. The number of hydrogen-bond donors (Lipinski definition) is 3. The van der Waals surface area contributed by atoms with Crippen molar-refractivity contribution >= 4 is 11.8 Å². The minimum Gasteiger partial charge on any atom is -0.352 e. The number of hydrogen-bond acceptors (Lipinski definition) is 3. The first-order valence-electron chi connectivity index (χ1n) is 6.57. The molecule has 102 valence electrons. The summed E-state index contributed by atoms with van der Waals surface area (Å²) in [4.78, 5) is 23.1. The van der Waals surface area contributed by atoms with Crippen molar-refractivity contribution in [2.24, 2.45) is 0 Å². The van der Waals surface area contributed by atoms with Crippen LogP contribution in [0.4, 0.5) is 0 Å². The molecule has 2 atom stereocenters. The second-order valence-electron chi connectivity index (χ2n) is 4.63. The van der Waals surface area contributed by atoms with E-state index in [1.807, 2.05) is 0 Å². The summed E-state index contributed by atoms with van der Waals surface area (Å²) in [5, 5.41) is 8.94. The molecule has 3 N–H and O–H groups in total. The highest BCUT2D eigenvalue weighted by Crippen LogP contribution is 2.08. The Kier molecular flexibility index (Phi) is 5.85. The first-order valence-corrected chi connectivity index (χ1v) is 6.57. The van der Waals surface area contributed by atoms with Gasteiger partial charge in [-0.2, -0.15) is 0 Å². The van der Waals surface area contributed by atoms with Gasteiger partial charge in [-0.05, 0) is 25.3 Å². The fourth-order valence-corrected chi connectivity index (χ4v) is 2.10. The summed E-state index contributed by atoms with van der Waals surface area (Å²) in [5.41, 5.74) is 0. The normalized spacial score (nSPS) is 22.8. The predicted molar refractivity (Wildman–Crippen MR) is 71.0 cm³/mol. The van der Waals surface area contributed by atoms with Gasteiger partial charge in [-0.25, -0.2) is 0 Å². The summed E-state index contributed by atoms with van der Waals surface area (Å²) < 4.78 is 0. The van der Waals surface area contributed by atoms with Crippen molar-refractivity contribution in [3.05, 3.63) is 12.7 Å². The molecule has 1 rings (SSSR count). The Morgan fingerprint density at radius 3 is 2.67 bits per heavy atom. The van der Waals surface area contributed by atoms with Crippen LogP contribution in [0.15, 0.2) is 12.7 Å². The summed E-state index contributed by atoms with van der Waals surface area (Å²) in [6.07, 6.45) is 3.75. The smallest absolute Gasteiger partial charge is 0.243 e. The van der Waals surface area contributed by atoms with Gasteiger partial charge in [-0.1, -0.05) is 20.4 Å². The molecule has 2 unspecified atom stereocenters. The Labute approximate surface area is 108 Å². The molecule has 0 radical (unpaired) electrons. The Balaban J connectivity index is 2.38. The lowest BCUT2D eigenvalue weighted by Gasteiger charge is -2.18. The zero-order valence-corrected chi connectivity index (χ0v) is 11.2. The van der Waals surface area contributed by atoms with E-state index >= 15 is 0 Å². The van der Waals surface area contributed by atoms with Gasteiger partial charge in [-0.15, -0.1) is 0 Å². The topological polar surface area (TPSA) is 70.2 Å². The van der Waals surface area contributed by atoms with E-state index in [4.69, 9.17) is 0 Å². The van der Waals surface area contributed by atoms with E-state index in [2.05, 4.69) is 36.4 Å². The quantitative estimate of drug-likeness (QED) is 0.597. The molecule has 0 saturated carbocycles. The van der Waals surface area contributed by atoms with E-state index in [1.165, 1.54) is 6.08 Å². The van der Waals surface area contributed by atoms with Crippen LogP contribution in [0.2, 0.25) is 0 Å². The van der Waals surface area contributed by atoms with Gasteiger partial charge in [0.25, 0.3) is 0 Å². The van der Waals surface area contributed by atoms with Crippen LogP contribution < -0.4 is 16.0 Å². The van der Waals surface area contributed by atoms with Crippen LogP contribution in [0.25, 0.3) is 0 Å². The zero-order chi connectivity index (χ0) is 13.5. The average molecular weight is 253 g/mol. The summed E-state index contributed by atoms with van der Waals surface area (Å²) in [5.74, 6) is -0.165. The van der Waals surface area contributed by atoms with Gasteiger partial charge in [0, 0.05) is 18.6 Å². The van der Waals surface area contributed by atoms with Crippen LogP contribution in [0.5, 0.6) is 0 Å². The summed E-state index contributed by atoms with van der Waals surface area (Å²) in [7, 11) is 0. The molecule has 18 heavy (non-hydrogen) atoms. The molecule has 2 amide bonds. The van der Waals surface area contributed by atoms with Crippen LogP contribution in [0.1, 0.15) is 33.1 Å². The molecule has 0 aromatic rings. The van der Waals surface area contributed by atoms with Crippen molar-refractivity contribution in [3.8, 4) is 0 Å². The number of nitrogens with one attached hydrogen (secondary N) is 3. The maximum Gasteiger partial charge on any atom is 0.243 e. The molecule has 5 heteroatoms. The number of rotatable bonds is 6. The van der Waals surface area contributed by atoms with Crippen molar-refractivity contribution in [2.45, 2.75) is 51.2 Å². The van der Waals surface area contributed by atoms with Gasteiger partial charge in [-0.3, -0.25) is 9.59 Å². The maximum absolute atomic E-state index is 12.0. The molecule has 0 aromatic carbocycles. The Bertz CT molecular complexity index is 313. The van der Waals surface area contributed by atoms with E-state index < -0.39 is 0 Å². The molecular formula is C13H23N3O2. The van der Waals surface area contributed by atoms with Crippen molar-refractivity contribution in [1.82, 2.24) is 16.0 Å². The van der Waals surface area contributed by atoms with Crippen molar-refractivity contribution in [3.63, 3.8) is 0 Å². The third-order valence-electron chi connectivity index (χ3n) is 3.31. The van der Waals surface area contributed by atoms with Gasteiger partial charge in [0.2, 0.25) is 11.8 Å². The summed E-state index contributed by atoms with van der Waals surface area (Å²) in [6.45, 7) is 8.15. The summed E-state index contributed by atoms with van der Waals surface area (Å²) in [6, 6.07) is 0.0368. The predicted octanol–water partition coefficient (Wildman–Crippen LogP) is 0.324. The fraction of sp³-hybridized carbons (Fsp3) is 0.692. The third kappa shape index (κ3) is 4.14. The minimum atomic E-state index is -0.208. The second kappa shape index (κ2) is 7.16. The maximum atomic E-state index is 12.0. The van der Waals surface area contributed by atoms with Crippen molar-refractivity contribution < 1.29 is 9.59 Å². The molecule has 0 bridgehead atoms. The van der Waals surface area contributed by atoms with E-state index in [0.29, 0.717) is 13.0 Å². The molecule has 5 nitrogen and oxygen atoms in total. The monoisotopic (exact) mass is 253 g/mol. The van der Waals surface area contributed by atoms with E-state index in [9.17, 15) is 9.59 Å². The van der Waals surface area contributed by atoms with Crippen LogP contribution in [-0.4, -0.2) is 36.5 Å². The number of amides is 2. The first kappa shape index (κ1) is 14.7.